The molecule has 0 aromatic carbocycles. The first kappa shape index (κ1) is 13.5. The standard InChI is InChI=1S/C13H24O/c1-4-6-7-8-9-10-12-13(3,14)11-5-2/h2,14H,4,6-12H2,1,3H3. The highest BCUT2D eigenvalue weighted by Crippen LogP contribution is 2.18. The molecule has 0 radical (unpaired) electrons. The SMILES string of the molecule is C#CCC(C)(O)CCCCCCCC. The molecule has 1 N–H and O–H groups in total. The zero-order chi connectivity index (χ0) is 10.9. The molecule has 0 fully saturated rings. The highest BCUT2D eigenvalue weighted by atomic mass is 16.3. The van der Waals surface area contributed by atoms with Gasteiger partial charge in [0.05, 0.1) is 5.60 Å². The monoisotopic (exact) mass is 196 g/mol. The van der Waals surface area contributed by atoms with Crippen LogP contribution in [0.2, 0.25) is 0 Å². The number of unbranched alkanes of at least 4 members (excludes halogenated alkanes) is 5. The van der Waals surface area contributed by atoms with Gasteiger partial charge in [-0.25, -0.2) is 0 Å². The second-order valence-electron chi connectivity index (χ2n) is 4.40. The minimum atomic E-state index is -0.639. The maximum absolute atomic E-state index is 9.77. The average molecular weight is 196 g/mol. The van der Waals surface area contributed by atoms with Gasteiger partial charge in [-0.1, -0.05) is 45.4 Å². The van der Waals surface area contributed by atoms with Crippen LogP contribution < -0.4 is 0 Å². The zero-order valence-electron chi connectivity index (χ0n) is 9.68. The number of aliphatic hydroxyl groups is 1. The Morgan fingerprint density at radius 2 is 1.71 bits per heavy atom. The van der Waals surface area contributed by atoms with E-state index in [1.807, 2.05) is 6.92 Å². The van der Waals surface area contributed by atoms with Crippen LogP contribution in [0, 0.1) is 12.3 Å². The fourth-order valence-corrected chi connectivity index (χ4v) is 1.59. The summed E-state index contributed by atoms with van der Waals surface area (Å²) in [6, 6.07) is 0. The van der Waals surface area contributed by atoms with Gasteiger partial charge in [0.25, 0.3) is 0 Å². The summed E-state index contributed by atoms with van der Waals surface area (Å²) >= 11 is 0. The number of terminal acetylenes is 1. The van der Waals surface area contributed by atoms with Crippen molar-refractivity contribution in [1.29, 1.82) is 0 Å². The molecule has 1 unspecified atom stereocenters. The fourth-order valence-electron chi connectivity index (χ4n) is 1.59. The van der Waals surface area contributed by atoms with Crippen LogP contribution in [-0.2, 0) is 0 Å². The van der Waals surface area contributed by atoms with E-state index in [9.17, 15) is 5.11 Å². The minimum Gasteiger partial charge on any atom is -0.389 e. The molecule has 1 nitrogen and oxygen atoms in total. The van der Waals surface area contributed by atoms with Crippen molar-refractivity contribution in [3.05, 3.63) is 0 Å². The van der Waals surface area contributed by atoms with Crippen LogP contribution in [0.15, 0.2) is 0 Å². The lowest BCUT2D eigenvalue weighted by atomic mass is 9.95. The second kappa shape index (κ2) is 7.88. The molecule has 1 atom stereocenters. The Bertz CT molecular complexity index is 165. The summed E-state index contributed by atoms with van der Waals surface area (Å²) in [4.78, 5) is 0. The Kier molecular flexibility index (Phi) is 7.61. The van der Waals surface area contributed by atoms with Crippen LogP contribution in [0.25, 0.3) is 0 Å². The molecule has 0 aliphatic carbocycles. The van der Waals surface area contributed by atoms with Gasteiger partial charge in [-0.15, -0.1) is 12.3 Å². The van der Waals surface area contributed by atoms with Gasteiger partial charge in [-0.05, 0) is 13.3 Å². The number of rotatable bonds is 8. The van der Waals surface area contributed by atoms with Gasteiger partial charge in [0.2, 0.25) is 0 Å². The summed E-state index contributed by atoms with van der Waals surface area (Å²) < 4.78 is 0. The third-order valence-corrected chi connectivity index (χ3v) is 2.55. The van der Waals surface area contributed by atoms with Crippen LogP contribution in [-0.4, -0.2) is 10.7 Å². The quantitative estimate of drug-likeness (QED) is 0.465. The summed E-state index contributed by atoms with van der Waals surface area (Å²) in [7, 11) is 0. The highest BCUT2D eigenvalue weighted by molar-refractivity contribution is 4.92. The highest BCUT2D eigenvalue weighted by Gasteiger charge is 2.17. The maximum atomic E-state index is 9.77. The Morgan fingerprint density at radius 3 is 2.29 bits per heavy atom. The van der Waals surface area contributed by atoms with E-state index >= 15 is 0 Å². The number of hydrogen-bond acceptors (Lipinski definition) is 1. The van der Waals surface area contributed by atoms with E-state index in [0.717, 1.165) is 12.8 Å². The first-order valence-corrected chi connectivity index (χ1v) is 5.78. The first-order valence-electron chi connectivity index (χ1n) is 5.78. The molecule has 0 spiro atoms. The number of hydrogen-bond donors (Lipinski definition) is 1. The van der Waals surface area contributed by atoms with Gasteiger partial charge < -0.3 is 5.11 Å². The third-order valence-electron chi connectivity index (χ3n) is 2.55. The van der Waals surface area contributed by atoms with E-state index in [-0.39, 0.29) is 0 Å². The molecule has 0 aliphatic rings. The molecule has 0 amide bonds. The van der Waals surface area contributed by atoms with Crippen LogP contribution in [0.5, 0.6) is 0 Å². The van der Waals surface area contributed by atoms with Crippen molar-refractivity contribution in [3.8, 4) is 12.3 Å². The normalized spacial score (nSPS) is 14.7. The molecule has 1 heteroatoms. The van der Waals surface area contributed by atoms with Crippen molar-refractivity contribution in [3.63, 3.8) is 0 Å². The maximum Gasteiger partial charge on any atom is 0.0728 e. The molecule has 82 valence electrons. The molecule has 0 aromatic rings. The van der Waals surface area contributed by atoms with Crippen molar-refractivity contribution in [2.75, 3.05) is 0 Å². The van der Waals surface area contributed by atoms with Crippen LogP contribution in [0.3, 0.4) is 0 Å². The molecule has 0 bridgehead atoms. The lowest BCUT2D eigenvalue weighted by Crippen LogP contribution is -2.22. The van der Waals surface area contributed by atoms with Gasteiger partial charge in [0.15, 0.2) is 0 Å². The van der Waals surface area contributed by atoms with E-state index in [2.05, 4.69) is 12.8 Å². The van der Waals surface area contributed by atoms with E-state index in [4.69, 9.17) is 6.42 Å². The molecule has 0 saturated heterocycles. The van der Waals surface area contributed by atoms with E-state index < -0.39 is 5.60 Å². The van der Waals surface area contributed by atoms with E-state index in [0.29, 0.717) is 6.42 Å². The predicted molar refractivity (Wildman–Crippen MR) is 62.1 cm³/mol. The van der Waals surface area contributed by atoms with Gasteiger partial charge in [0, 0.05) is 6.42 Å². The minimum absolute atomic E-state index is 0.474. The molecule has 0 heterocycles. The molecule has 0 saturated carbocycles. The Labute approximate surface area is 88.9 Å². The molecular weight excluding hydrogens is 172 g/mol. The summed E-state index contributed by atoms with van der Waals surface area (Å²) in [5, 5.41) is 9.77. The van der Waals surface area contributed by atoms with Crippen molar-refractivity contribution in [2.24, 2.45) is 0 Å². The summed E-state index contributed by atoms with van der Waals surface area (Å²) in [5.41, 5.74) is -0.639. The van der Waals surface area contributed by atoms with Gasteiger partial charge >= 0.3 is 0 Å². The average Bonchev–Trinajstić information content (AvgIpc) is 2.11. The first-order chi connectivity index (χ1) is 6.62. The van der Waals surface area contributed by atoms with Crippen LogP contribution >= 0.6 is 0 Å². The summed E-state index contributed by atoms with van der Waals surface area (Å²) in [6.45, 7) is 4.05. The molecule has 0 aromatic heterocycles. The molecule has 0 rings (SSSR count). The Morgan fingerprint density at radius 1 is 1.14 bits per heavy atom. The van der Waals surface area contributed by atoms with Gasteiger partial charge in [0.1, 0.15) is 0 Å². The molecule has 14 heavy (non-hydrogen) atoms. The lowest BCUT2D eigenvalue weighted by Gasteiger charge is -2.20. The van der Waals surface area contributed by atoms with Gasteiger partial charge in [-0.2, -0.15) is 0 Å². The van der Waals surface area contributed by atoms with E-state index in [1.165, 1.54) is 32.1 Å². The largest absolute Gasteiger partial charge is 0.389 e. The Hall–Kier alpha value is -0.480. The molecule has 0 aliphatic heterocycles. The van der Waals surface area contributed by atoms with Crippen molar-refractivity contribution in [1.82, 2.24) is 0 Å². The van der Waals surface area contributed by atoms with Crippen molar-refractivity contribution in [2.45, 2.75) is 70.8 Å². The Balaban J connectivity index is 3.31. The lowest BCUT2D eigenvalue weighted by molar-refractivity contribution is 0.0534. The summed E-state index contributed by atoms with van der Waals surface area (Å²) in [5.74, 6) is 2.52. The summed E-state index contributed by atoms with van der Waals surface area (Å²) in [6.07, 6.45) is 14.0. The smallest absolute Gasteiger partial charge is 0.0728 e. The van der Waals surface area contributed by atoms with Crippen molar-refractivity contribution >= 4 is 0 Å². The fraction of sp³-hybridized carbons (Fsp3) is 0.846. The van der Waals surface area contributed by atoms with E-state index in [1.54, 1.807) is 0 Å². The van der Waals surface area contributed by atoms with Crippen LogP contribution in [0.4, 0.5) is 0 Å². The van der Waals surface area contributed by atoms with Gasteiger partial charge in [-0.3, -0.25) is 0 Å². The van der Waals surface area contributed by atoms with Crippen LogP contribution in [0.1, 0.15) is 65.2 Å². The topological polar surface area (TPSA) is 20.2 Å². The second-order valence-corrected chi connectivity index (χ2v) is 4.40. The third kappa shape index (κ3) is 8.13. The predicted octanol–water partition coefficient (Wildman–Crippen LogP) is 3.51. The molecular formula is C13H24O. The zero-order valence-corrected chi connectivity index (χ0v) is 9.68. The van der Waals surface area contributed by atoms with Crippen molar-refractivity contribution < 1.29 is 5.11 Å².